The van der Waals surface area contributed by atoms with Crippen molar-refractivity contribution in [1.29, 1.82) is 0 Å². The summed E-state index contributed by atoms with van der Waals surface area (Å²) in [6.45, 7) is 7.56. The molecule has 0 saturated carbocycles. The van der Waals surface area contributed by atoms with Crippen molar-refractivity contribution >= 4 is 16.8 Å². The molecule has 29 heavy (non-hydrogen) atoms. The fourth-order valence-corrected chi connectivity index (χ4v) is 4.30. The van der Waals surface area contributed by atoms with E-state index in [1.54, 1.807) is 0 Å². The Morgan fingerprint density at radius 2 is 1.90 bits per heavy atom. The van der Waals surface area contributed by atoms with E-state index in [-0.39, 0.29) is 6.03 Å². The Morgan fingerprint density at radius 3 is 2.69 bits per heavy atom. The highest BCUT2D eigenvalue weighted by Gasteiger charge is 2.23. The third-order valence-corrected chi connectivity index (χ3v) is 5.93. The minimum absolute atomic E-state index is 0.0434. The SMILES string of the molecule is CC(C)c1nccn1CC1CCN(C(=O)NCc2cccc3ccccc23)CC1. The molecule has 3 aromatic rings. The Hall–Kier alpha value is -2.82. The second kappa shape index (κ2) is 8.68. The number of benzene rings is 2. The molecule has 1 N–H and O–H groups in total. The Kier molecular flexibility index (Phi) is 5.84. The van der Waals surface area contributed by atoms with Crippen molar-refractivity contribution in [2.45, 2.75) is 45.7 Å². The minimum atomic E-state index is 0.0434. The lowest BCUT2D eigenvalue weighted by Crippen LogP contribution is -2.44. The largest absolute Gasteiger partial charge is 0.334 e. The van der Waals surface area contributed by atoms with E-state index in [1.807, 2.05) is 23.2 Å². The molecule has 1 fully saturated rings. The van der Waals surface area contributed by atoms with Gasteiger partial charge in [-0.05, 0) is 35.1 Å². The lowest BCUT2D eigenvalue weighted by Gasteiger charge is -2.32. The van der Waals surface area contributed by atoms with Crippen molar-refractivity contribution in [3.05, 3.63) is 66.2 Å². The smallest absolute Gasteiger partial charge is 0.317 e. The zero-order valence-corrected chi connectivity index (χ0v) is 17.3. The zero-order valence-electron chi connectivity index (χ0n) is 17.3. The van der Waals surface area contributed by atoms with E-state index in [0.29, 0.717) is 18.4 Å². The van der Waals surface area contributed by atoms with Gasteiger partial charge in [-0.15, -0.1) is 0 Å². The molecule has 2 amide bonds. The molecule has 152 valence electrons. The van der Waals surface area contributed by atoms with E-state index in [4.69, 9.17) is 0 Å². The van der Waals surface area contributed by atoms with Gasteiger partial charge in [0.25, 0.3) is 0 Å². The minimum Gasteiger partial charge on any atom is -0.334 e. The number of urea groups is 1. The van der Waals surface area contributed by atoms with E-state index in [0.717, 1.165) is 43.9 Å². The van der Waals surface area contributed by atoms with Crippen molar-refractivity contribution in [2.75, 3.05) is 13.1 Å². The van der Waals surface area contributed by atoms with Crippen molar-refractivity contribution in [2.24, 2.45) is 5.92 Å². The van der Waals surface area contributed by atoms with Crippen LogP contribution in [0.1, 0.15) is 44.0 Å². The number of nitrogens with zero attached hydrogens (tertiary/aromatic N) is 3. The quantitative estimate of drug-likeness (QED) is 0.681. The Morgan fingerprint density at radius 1 is 1.14 bits per heavy atom. The van der Waals surface area contributed by atoms with Gasteiger partial charge in [0.1, 0.15) is 5.82 Å². The second-order valence-electron chi connectivity index (χ2n) is 8.32. The van der Waals surface area contributed by atoms with Gasteiger partial charge in [0.15, 0.2) is 0 Å². The standard InChI is InChI=1S/C24H30N4O/c1-18(2)23-25-12-15-28(23)17-19-10-13-27(14-11-19)24(29)26-16-21-8-5-7-20-6-3-4-9-22(20)21/h3-9,12,15,18-19H,10-11,13-14,16-17H2,1-2H3,(H,26,29). The molecular formula is C24H30N4O. The normalized spacial score (nSPS) is 15.2. The molecule has 2 heterocycles. The first-order chi connectivity index (χ1) is 14.1. The molecule has 5 nitrogen and oxygen atoms in total. The van der Waals surface area contributed by atoms with Crippen molar-refractivity contribution < 1.29 is 4.79 Å². The summed E-state index contributed by atoms with van der Waals surface area (Å²) in [4.78, 5) is 19.1. The summed E-state index contributed by atoms with van der Waals surface area (Å²) in [7, 11) is 0. The summed E-state index contributed by atoms with van der Waals surface area (Å²) in [5.74, 6) is 2.19. The van der Waals surface area contributed by atoms with E-state index in [1.165, 1.54) is 10.8 Å². The maximum Gasteiger partial charge on any atom is 0.317 e. The second-order valence-corrected chi connectivity index (χ2v) is 8.32. The van der Waals surface area contributed by atoms with Crippen LogP contribution < -0.4 is 5.32 Å². The fraction of sp³-hybridized carbons (Fsp3) is 0.417. The molecule has 4 rings (SSSR count). The molecule has 0 spiro atoms. The summed E-state index contributed by atoms with van der Waals surface area (Å²) in [5.41, 5.74) is 1.16. The average Bonchev–Trinajstić information content (AvgIpc) is 3.21. The highest BCUT2D eigenvalue weighted by Crippen LogP contribution is 2.22. The molecule has 0 unspecified atom stereocenters. The van der Waals surface area contributed by atoms with E-state index < -0.39 is 0 Å². The van der Waals surface area contributed by atoms with Gasteiger partial charge in [-0.3, -0.25) is 0 Å². The number of hydrogen-bond acceptors (Lipinski definition) is 2. The number of piperidine rings is 1. The number of amides is 2. The van der Waals surface area contributed by atoms with Gasteiger partial charge in [-0.1, -0.05) is 56.3 Å². The predicted molar refractivity (Wildman–Crippen MR) is 117 cm³/mol. The number of aromatic nitrogens is 2. The van der Waals surface area contributed by atoms with Crippen LogP contribution in [0.3, 0.4) is 0 Å². The van der Waals surface area contributed by atoms with Gasteiger partial charge in [0.05, 0.1) is 0 Å². The van der Waals surface area contributed by atoms with Gasteiger partial charge < -0.3 is 14.8 Å². The maximum atomic E-state index is 12.7. The van der Waals surface area contributed by atoms with Crippen LogP contribution in [0.4, 0.5) is 4.79 Å². The van der Waals surface area contributed by atoms with Crippen LogP contribution in [-0.2, 0) is 13.1 Å². The number of fused-ring (bicyclic) bond motifs is 1. The Bertz CT molecular complexity index is 964. The topological polar surface area (TPSA) is 50.2 Å². The monoisotopic (exact) mass is 390 g/mol. The molecule has 0 atom stereocenters. The van der Waals surface area contributed by atoms with Crippen LogP contribution in [0.5, 0.6) is 0 Å². The fourth-order valence-electron chi connectivity index (χ4n) is 4.30. The number of nitrogens with one attached hydrogen (secondary N) is 1. The number of imidazole rings is 1. The first-order valence-corrected chi connectivity index (χ1v) is 10.6. The van der Waals surface area contributed by atoms with Gasteiger partial charge in [0, 0.05) is 44.5 Å². The number of likely N-dealkylation sites (tertiary alicyclic amines) is 1. The molecule has 1 aromatic heterocycles. The lowest BCUT2D eigenvalue weighted by atomic mass is 9.96. The molecule has 0 radical (unpaired) electrons. The summed E-state index contributed by atoms with van der Waals surface area (Å²) in [5, 5.41) is 5.53. The Balaban J connectivity index is 1.29. The van der Waals surface area contributed by atoms with Crippen molar-refractivity contribution in [3.63, 3.8) is 0 Å². The van der Waals surface area contributed by atoms with Crippen LogP contribution in [0.2, 0.25) is 0 Å². The lowest BCUT2D eigenvalue weighted by molar-refractivity contribution is 0.165. The predicted octanol–water partition coefficient (Wildman–Crippen LogP) is 4.78. The highest BCUT2D eigenvalue weighted by atomic mass is 16.2. The first-order valence-electron chi connectivity index (χ1n) is 10.6. The van der Waals surface area contributed by atoms with Crippen LogP contribution in [0.15, 0.2) is 54.9 Å². The van der Waals surface area contributed by atoms with Gasteiger partial charge in [-0.25, -0.2) is 9.78 Å². The van der Waals surface area contributed by atoms with Crippen LogP contribution in [0.25, 0.3) is 10.8 Å². The van der Waals surface area contributed by atoms with Crippen molar-refractivity contribution in [1.82, 2.24) is 19.8 Å². The zero-order chi connectivity index (χ0) is 20.2. The molecule has 1 saturated heterocycles. The van der Waals surface area contributed by atoms with E-state index in [9.17, 15) is 4.79 Å². The summed E-state index contributed by atoms with van der Waals surface area (Å²) >= 11 is 0. The number of carbonyl (C=O) groups is 1. The molecule has 1 aliphatic rings. The summed E-state index contributed by atoms with van der Waals surface area (Å²) in [6.07, 6.45) is 6.05. The number of hydrogen-bond donors (Lipinski definition) is 1. The number of rotatable bonds is 5. The van der Waals surface area contributed by atoms with Crippen LogP contribution >= 0.6 is 0 Å². The van der Waals surface area contributed by atoms with Gasteiger partial charge in [-0.2, -0.15) is 0 Å². The third-order valence-electron chi connectivity index (χ3n) is 5.93. The molecule has 0 aliphatic carbocycles. The molecule has 2 aromatic carbocycles. The molecule has 1 aliphatic heterocycles. The number of carbonyl (C=O) groups excluding carboxylic acids is 1. The van der Waals surface area contributed by atoms with E-state index >= 15 is 0 Å². The Labute approximate surface area is 172 Å². The van der Waals surface area contributed by atoms with Gasteiger partial charge >= 0.3 is 6.03 Å². The van der Waals surface area contributed by atoms with Crippen molar-refractivity contribution in [3.8, 4) is 0 Å². The summed E-state index contributed by atoms with van der Waals surface area (Å²) < 4.78 is 2.28. The average molecular weight is 391 g/mol. The third kappa shape index (κ3) is 4.44. The molecule has 0 bridgehead atoms. The molecule has 5 heteroatoms. The summed E-state index contributed by atoms with van der Waals surface area (Å²) in [6, 6.07) is 14.6. The highest BCUT2D eigenvalue weighted by molar-refractivity contribution is 5.86. The van der Waals surface area contributed by atoms with Gasteiger partial charge in [0.2, 0.25) is 0 Å². The maximum absolute atomic E-state index is 12.7. The van der Waals surface area contributed by atoms with Crippen LogP contribution in [-0.4, -0.2) is 33.6 Å². The first kappa shape index (κ1) is 19.5. The molecular weight excluding hydrogens is 360 g/mol. The van der Waals surface area contributed by atoms with E-state index in [2.05, 4.69) is 65.2 Å². The van der Waals surface area contributed by atoms with Crippen LogP contribution in [0, 0.1) is 5.92 Å².